The summed E-state index contributed by atoms with van der Waals surface area (Å²) in [6.07, 6.45) is 31.9. The number of allylic oxidation sites excluding steroid dienone is 3. The Balaban J connectivity index is 0.00000425. The molecule has 2 saturated carbocycles. The van der Waals surface area contributed by atoms with E-state index in [1.54, 1.807) is 22.3 Å². The molecule has 0 aliphatic heterocycles. The van der Waals surface area contributed by atoms with Crippen LogP contribution >= 0.6 is 0 Å². The summed E-state index contributed by atoms with van der Waals surface area (Å²) in [6, 6.07) is 5.35. The molecule has 0 spiro atoms. The Morgan fingerprint density at radius 3 is 1.72 bits per heavy atom. The molecule has 0 radical (unpaired) electrons. The van der Waals surface area contributed by atoms with Crippen molar-refractivity contribution in [3.05, 3.63) is 70.8 Å². The number of benzene rings is 1. The minimum absolute atomic E-state index is 0.235. The molecule has 3 rings (SSSR count). The van der Waals surface area contributed by atoms with E-state index in [0.717, 1.165) is 43.1 Å². The zero-order valence-corrected chi connectivity index (χ0v) is 34.6. The van der Waals surface area contributed by atoms with E-state index in [2.05, 4.69) is 59.6 Å². The van der Waals surface area contributed by atoms with Gasteiger partial charge in [-0.15, -0.1) is 0 Å². The summed E-state index contributed by atoms with van der Waals surface area (Å²) < 4.78 is 0. The number of hydrogen-bond donors (Lipinski definition) is 0. The van der Waals surface area contributed by atoms with E-state index in [4.69, 9.17) is 0 Å². The van der Waals surface area contributed by atoms with E-state index in [1.165, 1.54) is 134 Å². The molecule has 1 heteroatoms. The highest BCUT2D eigenvalue weighted by Gasteiger charge is 2.30. The highest BCUT2D eigenvalue weighted by molar-refractivity contribution is 5.93. The van der Waals surface area contributed by atoms with Crippen LogP contribution in [0.3, 0.4) is 0 Å². The molecule has 0 N–H and O–H groups in total. The lowest BCUT2D eigenvalue weighted by Crippen LogP contribution is -2.23. The first-order chi connectivity index (χ1) is 24.1. The van der Waals surface area contributed by atoms with Crippen LogP contribution in [0.1, 0.15) is 218 Å². The van der Waals surface area contributed by atoms with Gasteiger partial charge in [0.05, 0.1) is 0 Å². The van der Waals surface area contributed by atoms with Crippen LogP contribution in [0.2, 0.25) is 0 Å². The molecule has 0 bridgehead atoms. The Bertz CT molecular complexity index is 1090. The number of carbonyl (C=O) groups excluding carboxylic acids is 1. The molecule has 0 heterocycles. The molecule has 284 valence electrons. The van der Waals surface area contributed by atoms with Gasteiger partial charge in [0.25, 0.3) is 0 Å². The minimum Gasteiger partial charge on any atom is -0.295 e. The largest absolute Gasteiger partial charge is 0.295 e. The second-order valence-corrected chi connectivity index (χ2v) is 16.5. The normalized spacial score (nSPS) is 18.3. The predicted octanol–water partition coefficient (Wildman–Crippen LogP) is 15.6. The standard InChI is InChI=1S/C47H76O.C2H6/c1-9-12-32-47(10-2,11-3)33-20-26-45-42(24-17-16-21-38(8)36(4)5)34-44(35-43(45)25-18-19-27-46(48)37(6)7)41-30-28-40(29-31-41)39-22-14-13-15-23-39;1-2/h34-35,39-41H,4,6,8-33H2,1-3,5,7H3;1-2H3. The fourth-order valence-corrected chi connectivity index (χ4v) is 9.31. The first-order valence-electron chi connectivity index (χ1n) is 21.8. The molecular weight excluding hydrogens is 605 g/mol. The van der Waals surface area contributed by atoms with Crippen LogP contribution in [-0.2, 0) is 24.1 Å². The fourth-order valence-electron chi connectivity index (χ4n) is 9.31. The maximum absolute atomic E-state index is 12.4. The summed E-state index contributed by atoms with van der Waals surface area (Å²) in [5, 5.41) is 0. The van der Waals surface area contributed by atoms with Crippen LogP contribution in [0.5, 0.6) is 0 Å². The van der Waals surface area contributed by atoms with E-state index in [-0.39, 0.29) is 5.78 Å². The lowest BCUT2D eigenvalue weighted by Gasteiger charge is -2.36. The number of aryl methyl sites for hydroxylation is 2. The second-order valence-electron chi connectivity index (χ2n) is 16.5. The summed E-state index contributed by atoms with van der Waals surface area (Å²) in [5.41, 5.74) is 10.1. The van der Waals surface area contributed by atoms with E-state index >= 15 is 0 Å². The molecule has 2 fully saturated rings. The third-order valence-electron chi connectivity index (χ3n) is 13.1. The fraction of sp³-hybridized carbons (Fsp3) is 0.735. The van der Waals surface area contributed by atoms with Crippen LogP contribution in [0.25, 0.3) is 0 Å². The number of Topliss-reactive ketones (excluding diaryl/α,β-unsaturated/α-hetero) is 1. The zero-order chi connectivity index (χ0) is 36.9. The SMILES string of the molecule is C=C(C)C(=C)CCCCc1cc(C2CCC(C3CCCCC3)CC2)cc(CCCCC(=O)C(=C)C)c1CCCC(CC)(CC)CCCC.CC. The lowest BCUT2D eigenvalue weighted by atomic mass is 9.69. The third kappa shape index (κ3) is 14.6. The van der Waals surface area contributed by atoms with Gasteiger partial charge in [0.2, 0.25) is 0 Å². The number of unbranched alkanes of at least 4 members (excludes halogenated alkanes) is 3. The second kappa shape index (κ2) is 24.4. The predicted molar refractivity (Wildman–Crippen MR) is 223 cm³/mol. The Morgan fingerprint density at radius 1 is 0.660 bits per heavy atom. The van der Waals surface area contributed by atoms with Crippen molar-refractivity contribution in [3.63, 3.8) is 0 Å². The summed E-state index contributed by atoms with van der Waals surface area (Å²) in [5.74, 6) is 2.92. The molecule has 2 aliphatic rings. The molecule has 1 nitrogen and oxygen atoms in total. The number of hydrogen-bond acceptors (Lipinski definition) is 1. The third-order valence-corrected chi connectivity index (χ3v) is 13.1. The van der Waals surface area contributed by atoms with Gasteiger partial charge >= 0.3 is 0 Å². The van der Waals surface area contributed by atoms with E-state index < -0.39 is 0 Å². The maximum atomic E-state index is 12.4. The van der Waals surface area contributed by atoms with Gasteiger partial charge in [-0.25, -0.2) is 0 Å². The molecular formula is C49H82O. The molecule has 2 aliphatic carbocycles. The first-order valence-corrected chi connectivity index (χ1v) is 21.8. The zero-order valence-electron chi connectivity index (χ0n) is 34.6. The van der Waals surface area contributed by atoms with Crippen molar-refractivity contribution in [1.82, 2.24) is 0 Å². The van der Waals surface area contributed by atoms with Crippen LogP contribution in [0.4, 0.5) is 0 Å². The monoisotopic (exact) mass is 687 g/mol. The number of ketones is 1. The molecule has 0 atom stereocenters. The summed E-state index contributed by atoms with van der Waals surface area (Å²) in [7, 11) is 0. The summed E-state index contributed by atoms with van der Waals surface area (Å²) in [4.78, 5) is 12.4. The van der Waals surface area contributed by atoms with Crippen LogP contribution in [0.15, 0.2) is 48.6 Å². The molecule has 1 aromatic carbocycles. The Hall–Kier alpha value is -1.89. The van der Waals surface area contributed by atoms with Crippen LogP contribution in [-0.4, -0.2) is 5.78 Å². The lowest BCUT2D eigenvalue weighted by molar-refractivity contribution is -0.115. The van der Waals surface area contributed by atoms with Crippen molar-refractivity contribution in [3.8, 4) is 0 Å². The van der Waals surface area contributed by atoms with E-state index in [0.29, 0.717) is 23.3 Å². The quantitative estimate of drug-likeness (QED) is 0.0636. The maximum Gasteiger partial charge on any atom is 0.157 e. The van der Waals surface area contributed by atoms with Gasteiger partial charge in [-0.3, -0.25) is 4.79 Å². The van der Waals surface area contributed by atoms with Gasteiger partial charge in [-0.2, -0.15) is 0 Å². The van der Waals surface area contributed by atoms with E-state index in [1.807, 2.05) is 20.8 Å². The molecule has 50 heavy (non-hydrogen) atoms. The highest BCUT2D eigenvalue weighted by atomic mass is 16.1. The Kier molecular flexibility index (Phi) is 21.6. The topological polar surface area (TPSA) is 17.1 Å². The van der Waals surface area contributed by atoms with Gasteiger partial charge in [0.1, 0.15) is 0 Å². The molecule has 0 amide bonds. The minimum atomic E-state index is 0.235. The molecule has 0 unspecified atom stereocenters. The Morgan fingerprint density at radius 2 is 1.20 bits per heavy atom. The van der Waals surface area contributed by atoms with Gasteiger partial charge in [-0.1, -0.05) is 135 Å². The number of carbonyl (C=O) groups is 1. The van der Waals surface area contributed by atoms with Crippen LogP contribution in [0, 0.1) is 17.3 Å². The van der Waals surface area contributed by atoms with Gasteiger partial charge in [0.15, 0.2) is 5.78 Å². The average molecular weight is 687 g/mol. The van der Waals surface area contributed by atoms with E-state index in [9.17, 15) is 4.79 Å². The van der Waals surface area contributed by atoms with Crippen molar-refractivity contribution in [2.75, 3.05) is 0 Å². The molecule has 0 aromatic heterocycles. The smallest absolute Gasteiger partial charge is 0.157 e. The van der Waals surface area contributed by atoms with Gasteiger partial charge in [-0.05, 0) is 161 Å². The number of rotatable bonds is 23. The van der Waals surface area contributed by atoms with Crippen molar-refractivity contribution in [2.45, 2.75) is 215 Å². The van der Waals surface area contributed by atoms with Gasteiger partial charge in [0, 0.05) is 6.42 Å². The van der Waals surface area contributed by atoms with Crippen molar-refractivity contribution >= 4 is 5.78 Å². The van der Waals surface area contributed by atoms with Crippen molar-refractivity contribution in [2.24, 2.45) is 17.3 Å². The van der Waals surface area contributed by atoms with Crippen LogP contribution < -0.4 is 0 Å². The average Bonchev–Trinajstić information content (AvgIpc) is 3.14. The van der Waals surface area contributed by atoms with Gasteiger partial charge < -0.3 is 0 Å². The molecule has 0 saturated heterocycles. The first kappa shape index (κ1) is 44.3. The highest BCUT2D eigenvalue weighted by Crippen LogP contribution is 2.44. The summed E-state index contributed by atoms with van der Waals surface area (Å²) >= 11 is 0. The van der Waals surface area contributed by atoms with Crippen molar-refractivity contribution in [1.29, 1.82) is 0 Å². The molecule has 1 aromatic rings. The summed E-state index contributed by atoms with van der Waals surface area (Å²) in [6.45, 7) is 27.5. The van der Waals surface area contributed by atoms with Crippen molar-refractivity contribution < 1.29 is 4.79 Å². The Labute approximate surface area is 312 Å².